The Morgan fingerprint density at radius 1 is 0.750 bits per heavy atom. The molecule has 0 N–H and O–H groups in total. The Hall–Kier alpha value is -1.34. The van der Waals surface area contributed by atoms with E-state index in [0.29, 0.717) is 29.9 Å². The van der Waals surface area contributed by atoms with Gasteiger partial charge >= 0.3 is 0 Å². The molecule has 4 nitrogen and oxygen atoms in total. The van der Waals surface area contributed by atoms with Gasteiger partial charge in [0.2, 0.25) is 0 Å². The van der Waals surface area contributed by atoms with Crippen LogP contribution in [-0.4, -0.2) is 46.9 Å². The van der Waals surface area contributed by atoms with Crippen LogP contribution in [0.1, 0.15) is 61.8 Å². The molecular formula is C26H36N2O2S2. The Kier molecular flexibility index (Phi) is 7.98. The van der Waals surface area contributed by atoms with Crippen molar-refractivity contribution in [3.63, 3.8) is 0 Å². The van der Waals surface area contributed by atoms with Gasteiger partial charge in [0, 0.05) is 53.7 Å². The van der Waals surface area contributed by atoms with Crippen LogP contribution < -0.4 is 9.47 Å². The van der Waals surface area contributed by atoms with E-state index < -0.39 is 0 Å². The van der Waals surface area contributed by atoms with Gasteiger partial charge in [0.25, 0.3) is 0 Å². The molecule has 2 aromatic rings. The Balaban J connectivity index is 1.46. The molecule has 32 heavy (non-hydrogen) atoms. The summed E-state index contributed by atoms with van der Waals surface area (Å²) < 4.78 is 12.0. The smallest absolute Gasteiger partial charge is 0.142 e. The van der Waals surface area contributed by atoms with Crippen LogP contribution in [0, 0.1) is 0 Å². The normalized spacial score (nSPS) is 19.3. The Bertz CT molecular complexity index is 845. The van der Waals surface area contributed by atoms with Gasteiger partial charge in [-0.25, -0.2) is 0 Å². The minimum atomic E-state index is 0.311. The monoisotopic (exact) mass is 472 g/mol. The van der Waals surface area contributed by atoms with E-state index in [1.54, 1.807) is 0 Å². The first-order valence-corrected chi connectivity index (χ1v) is 12.7. The number of fused-ring (bicyclic) bond motifs is 2. The number of rotatable bonds is 8. The highest BCUT2D eigenvalue weighted by Gasteiger charge is 2.22. The van der Waals surface area contributed by atoms with E-state index >= 15 is 0 Å². The van der Waals surface area contributed by atoms with Crippen molar-refractivity contribution in [2.75, 3.05) is 26.6 Å². The zero-order chi connectivity index (χ0) is 22.7. The third-order valence-corrected chi connectivity index (χ3v) is 7.00. The molecule has 6 heteroatoms. The van der Waals surface area contributed by atoms with Crippen LogP contribution in [0.25, 0.3) is 0 Å². The number of hydrogen-bond acceptors (Lipinski definition) is 6. The van der Waals surface area contributed by atoms with Gasteiger partial charge < -0.3 is 9.47 Å². The first-order chi connectivity index (χ1) is 15.4. The SMILES string of the molecule is CC(S)CCN1COc2ccc(C(C)c3ccc4c(c3)CN(CCC(C)S)CO4)cc2C1. The number of benzene rings is 2. The Labute approximate surface area is 204 Å². The van der Waals surface area contributed by atoms with Crippen LogP contribution >= 0.6 is 25.3 Å². The molecule has 2 heterocycles. The average Bonchev–Trinajstić information content (AvgIpc) is 2.79. The van der Waals surface area contributed by atoms with Crippen molar-refractivity contribution in [1.82, 2.24) is 9.80 Å². The molecule has 0 spiro atoms. The molecule has 0 bridgehead atoms. The van der Waals surface area contributed by atoms with Gasteiger partial charge in [-0.15, -0.1) is 0 Å². The molecule has 0 fully saturated rings. The van der Waals surface area contributed by atoms with Gasteiger partial charge in [-0.1, -0.05) is 45.0 Å². The van der Waals surface area contributed by atoms with Gasteiger partial charge in [-0.05, 0) is 36.1 Å². The Morgan fingerprint density at radius 2 is 1.19 bits per heavy atom. The Morgan fingerprint density at radius 3 is 1.59 bits per heavy atom. The molecule has 0 aliphatic carbocycles. The number of hydrogen-bond donors (Lipinski definition) is 2. The summed E-state index contributed by atoms with van der Waals surface area (Å²) in [5.41, 5.74) is 5.21. The van der Waals surface area contributed by atoms with Crippen LogP contribution in [0.5, 0.6) is 11.5 Å². The average molecular weight is 473 g/mol. The topological polar surface area (TPSA) is 24.9 Å². The standard InChI is InChI=1S/C26H36N2O2S2/c1-18(31)8-10-27-14-23-12-21(4-6-25(23)29-16-27)20(3)22-5-7-26-24(13-22)15-28(17-30-26)11-9-19(2)32/h4-7,12-13,18-20,31-32H,8-11,14-17H2,1-3H3. The van der Waals surface area contributed by atoms with Crippen molar-refractivity contribution in [2.45, 2.75) is 63.1 Å². The van der Waals surface area contributed by atoms with Crippen LogP contribution in [0.2, 0.25) is 0 Å². The van der Waals surface area contributed by atoms with Gasteiger partial charge in [-0.2, -0.15) is 25.3 Å². The fraction of sp³-hybridized carbons (Fsp3) is 0.538. The van der Waals surface area contributed by atoms with Crippen LogP contribution in [-0.2, 0) is 13.1 Å². The highest BCUT2D eigenvalue weighted by molar-refractivity contribution is 7.81. The minimum Gasteiger partial charge on any atom is -0.478 e. The lowest BCUT2D eigenvalue weighted by atomic mass is 9.90. The van der Waals surface area contributed by atoms with Gasteiger partial charge in [-0.3, -0.25) is 9.80 Å². The number of nitrogens with zero attached hydrogens (tertiary/aromatic N) is 2. The molecule has 2 unspecified atom stereocenters. The molecule has 2 aliphatic rings. The lowest BCUT2D eigenvalue weighted by molar-refractivity contribution is 0.0943. The zero-order valence-corrected chi connectivity index (χ0v) is 21.2. The van der Waals surface area contributed by atoms with Gasteiger partial charge in [0.15, 0.2) is 0 Å². The molecule has 0 saturated carbocycles. The summed E-state index contributed by atoms with van der Waals surface area (Å²) >= 11 is 9.03. The first-order valence-electron chi connectivity index (χ1n) is 11.7. The van der Waals surface area contributed by atoms with Crippen LogP contribution in [0.3, 0.4) is 0 Å². The van der Waals surface area contributed by atoms with Crippen molar-refractivity contribution >= 4 is 25.3 Å². The highest BCUT2D eigenvalue weighted by Crippen LogP contribution is 2.34. The van der Waals surface area contributed by atoms with Gasteiger partial charge in [0.05, 0.1) is 0 Å². The predicted octanol–water partition coefficient (Wildman–Crippen LogP) is 5.56. The van der Waals surface area contributed by atoms with Crippen molar-refractivity contribution in [2.24, 2.45) is 0 Å². The van der Waals surface area contributed by atoms with Crippen molar-refractivity contribution in [3.05, 3.63) is 58.7 Å². The van der Waals surface area contributed by atoms with Crippen molar-refractivity contribution < 1.29 is 9.47 Å². The first kappa shape index (κ1) is 23.8. The predicted molar refractivity (Wildman–Crippen MR) is 138 cm³/mol. The van der Waals surface area contributed by atoms with Crippen molar-refractivity contribution in [1.29, 1.82) is 0 Å². The summed E-state index contributed by atoms with van der Waals surface area (Å²) in [7, 11) is 0. The van der Waals surface area contributed by atoms with E-state index in [9.17, 15) is 0 Å². The number of ether oxygens (including phenoxy) is 2. The third kappa shape index (κ3) is 5.96. The van der Waals surface area contributed by atoms with E-state index in [-0.39, 0.29) is 0 Å². The van der Waals surface area contributed by atoms with E-state index in [1.165, 1.54) is 22.3 Å². The maximum Gasteiger partial charge on any atom is 0.142 e. The molecule has 0 aromatic heterocycles. The molecular weight excluding hydrogens is 436 g/mol. The second-order valence-electron chi connectivity index (χ2n) is 9.38. The summed E-state index contributed by atoms with van der Waals surface area (Å²) in [6.07, 6.45) is 2.14. The second-order valence-corrected chi connectivity index (χ2v) is 11.1. The maximum absolute atomic E-state index is 6.01. The fourth-order valence-corrected chi connectivity index (χ4v) is 4.61. The lowest BCUT2D eigenvalue weighted by Crippen LogP contribution is -2.33. The van der Waals surface area contributed by atoms with E-state index in [0.717, 1.165) is 50.5 Å². The van der Waals surface area contributed by atoms with Crippen molar-refractivity contribution in [3.8, 4) is 11.5 Å². The van der Waals surface area contributed by atoms with E-state index in [1.807, 2.05) is 0 Å². The second kappa shape index (κ2) is 10.7. The highest BCUT2D eigenvalue weighted by atomic mass is 32.1. The summed E-state index contributed by atoms with van der Waals surface area (Å²) in [5, 5.41) is 0.820. The van der Waals surface area contributed by atoms with Gasteiger partial charge in [0.1, 0.15) is 25.0 Å². The number of thiol groups is 2. The summed E-state index contributed by atoms with van der Waals surface area (Å²) in [6.45, 7) is 11.8. The molecule has 2 aromatic carbocycles. The quantitative estimate of drug-likeness (QED) is 0.492. The molecule has 2 atom stereocenters. The molecule has 174 valence electrons. The van der Waals surface area contributed by atoms with Crippen LogP contribution in [0.15, 0.2) is 36.4 Å². The van der Waals surface area contributed by atoms with Crippen LogP contribution in [0.4, 0.5) is 0 Å². The fourth-order valence-electron chi connectivity index (χ4n) is 4.38. The molecule has 4 rings (SSSR count). The maximum atomic E-state index is 6.01. The summed E-state index contributed by atoms with van der Waals surface area (Å²) in [6, 6.07) is 13.4. The van der Waals surface area contributed by atoms with E-state index in [4.69, 9.17) is 9.47 Å². The molecule has 0 radical (unpaired) electrons. The summed E-state index contributed by atoms with van der Waals surface area (Å²) in [4.78, 5) is 4.72. The molecule has 0 saturated heterocycles. The molecule has 2 aliphatic heterocycles. The summed E-state index contributed by atoms with van der Waals surface area (Å²) in [5.74, 6) is 2.35. The zero-order valence-electron chi connectivity index (χ0n) is 19.5. The lowest BCUT2D eigenvalue weighted by Gasteiger charge is -2.31. The van der Waals surface area contributed by atoms with E-state index in [2.05, 4.69) is 92.2 Å². The molecule has 0 amide bonds. The third-order valence-electron chi connectivity index (χ3n) is 6.49. The minimum absolute atomic E-state index is 0.311. The largest absolute Gasteiger partial charge is 0.478 e.